The number of allylic oxidation sites excluding steroid dienone is 2. The van der Waals surface area contributed by atoms with Crippen molar-refractivity contribution in [1.29, 1.82) is 0 Å². The fraction of sp³-hybridized carbons (Fsp3) is 0.455. The van der Waals surface area contributed by atoms with Crippen molar-refractivity contribution >= 4 is 5.78 Å². The van der Waals surface area contributed by atoms with Gasteiger partial charge in [0.25, 0.3) is 0 Å². The number of ketones is 1. The zero-order valence-corrected chi connectivity index (χ0v) is 9.16. The summed E-state index contributed by atoms with van der Waals surface area (Å²) in [4.78, 5) is 11.7. The summed E-state index contributed by atoms with van der Waals surface area (Å²) in [5.41, 5.74) is 2.57. The van der Waals surface area contributed by atoms with E-state index >= 15 is 0 Å². The van der Waals surface area contributed by atoms with Gasteiger partial charge in [0.1, 0.15) is 5.69 Å². The molecule has 0 aliphatic heterocycles. The van der Waals surface area contributed by atoms with Gasteiger partial charge in [-0.3, -0.25) is 9.48 Å². The Bertz CT molecular complexity index is 371. The Morgan fingerprint density at radius 1 is 1.57 bits per heavy atom. The Morgan fingerprint density at radius 3 is 2.71 bits per heavy atom. The third-order valence-corrected chi connectivity index (χ3v) is 1.87. The average molecular weight is 192 g/mol. The van der Waals surface area contributed by atoms with Crippen molar-refractivity contribution in [2.24, 2.45) is 0 Å². The molecule has 1 rings (SSSR count). The van der Waals surface area contributed by atoms with Crippen LogP contribution in [0.2, 0.25) is 0 Å². The van der Waals surface area contributed by atoms with Crippen LogP contribution in [0, 0.1) is 6.92 Å². The monoisotopic (exact) mass is 192 g/mol. The lowest BCUT2D eigenvalue weighted by Crippen LogP contribution is -2.07. The smallest absolute Gasteiger partial charge is 0.203 e. The Balaban J connectivity index is 3.06. The van der Waals surface area contributed by atoms with Crippen LogP contribution in [0.4, 0.5) is 0 Å². The maximum absolute atomic E-state index is 11.7. The van der Waals surface area contributed by atoms with Crippen molar-refractivity contribution in [3.63, 3.8) is 0 Å². The summed E-state index contributed by atoms with van der Waals surface area (Å²) in [5.74, 6) is 0.0347. The van der Waals surface area contributed by atoms with E-state index in [2.05, 4.69) is 5.10 Å². The second-order valence-electron chi connectivity index (χ2n) is 3.57. The summed E-state index contributed by atoms with van der Waals surface area (Å²) in [6, 6.07) is 1.82. The minimum atomic E-state index is 0.0347. The van der Waals surface area contributed by atoms with Gasteiger partial charge in [-0.1, -0.05) is 5.57 Å². The number of hydrogen-bond acceptors (Lipinski definition) is 2. The van der Waals surface area contributed by atoms with Crippen LogP contribution in [-0.4, -0.2) is 15.6 Å². The van der Waals surface area contributed by atoms with Gasteiger partial charge in [-0.05, 0) is 39.8 Å². The molecule has 0 fully saturated rings. The Kier molecular flexibility index (Phi) is 3.23. The molecule has 0 spiro atoms. The quantitative estimate of drug-likeness (QED) is 0.544. The molecule has 0 bridgehead atoms. The molecule has 0 saturated carbocycles. The van der Waals surface area contributed by atoms with Crippen LogP contribution in [0.3, 0.4) is 0 Å². The topological polar surface area (TPSA) is 34.9 Å². The van der Waals surface area contributed by atoms with Crippen LogP contribution in [0.15, 0.2) is 17.7 Å². The lowest BCUT2D eigenvalue weighted by atomic mass is 10.2. The van der Waals surface area contributed by atoms with E-state index in [4.69, 9.17) is 0 Å². The van der Waals surface area contributed by atoms with E-state index in [1.165, 1.54) is 0 Å². The molecule has 1 aromatic heterocycles. The van der Waals surface area contributed by atoms with Crippen LogP contribution < -0.4 is 0 Å². The van der Waals surface area contributed by atoms with Crippen molar-refractivity contribution in [1.82, 2.24) is 9.78 Å². The van der Waals surface area contributed by atoms with Crippen molar-refractivity contribution in [2.75, 3.05) is 0 Å². The number of hydrogen-bond donors (Lipinski definition) is 0. The Morgan fingerprint density at radius 2 is 2.21 bits per heavy atom. The second-order valence-corrected chi connectivity index (χ2v) is 3.57. The van der Waals surface area contributed by atoms with Gasteiger partial charge in [0.05, 0.1) is 5.69 Å². The molecule has 3 nitrogen and oxygen atoms in total. The molecule has 0 unspecified atom stereocenters. The van der Waals surface area contributed by atoms with E-state index in [-0.39, 0.29) is 5.78 Å². The molecule has 0 aliphatic rings. The molecular weight excluding hydrogens is 176 g/mol. The number of carbonyl (C=O) groups excluding carboxylic acids is 1. The van der Waals surface area contributed by atoms with Crippen LogP contribution in [0.25, 0.3) is 0 Å². The summed E-state index contributed by atoms with van der Waals surface area (Å²) in [7, 11) is 0. The molecular formula is C11H16N2O. The summed E-state index contributed by atoms with van der Waals surface area (Å²) in [6.07, 6.45) is 1.64. The zero-order valence-electron chi connectivity index (χ0n) is 9.16. The minimum absolute atomic E-state index is 0.0347. The summed E-state index contributed by atoms with van der Waals surface area (Å²) >= 11 is 0. The van der Waals surface area contributed by atoms with Crippen molar-refractivity contribution in [3.8, 4) is 0 Å². The lowest BCUT2D eigenvalue weighted by Gasteiger charge is -2.00. The summed E-state index contributed by atoms with van der Waals surface area (Å²) < 4.78 is 1.73. The molecule has 0 atom stereocenters. The standard InChI is InChI=1S/C11H16N2O/c1-5-13-10(7-9(4)12-13)11(14)6-8(2)3/h6-7H,5H2,1-4H3. The van der Waals surface area contributed by atoms with E-state index in [0.717, 1.165) is 17.8 Å². The first-order valence-corrected chi connectivity index (χ1v) is 4.78. The molecule has 1 aromatic rings. The molecule has 0 aromatic carbocycles. The Labute approximate surface area is 84.4 Å². The van der Waals surface area contributed by atoms with Crippen LogP contribution in [0.1, 0.15) is 37.0 Å². The average Bonchev–Trinajstić information content (AvgIpc) is 2.45. The van der Waals surface area contributed by atoms with Gasteiger partial charge < -0.3 is 0 Å². The molecule has 14 heavy (non-hydrogen) atoms. The van der Waals surface area contributed by atoms with E-state index in [9.17, 15) is 4.79 Å². The normalized spacial score (nSPS) is 10.0. The van der Waals surface area contributed by atoms with E-state index in [0.29, 0.717) is 5.69 Å². The number of aryl methyl sites for hydroxylation is 2. The van der Waals surface area contributed by atoms with Crippen molar-refractivity contribution < 1.29 is 4.79 Å². The van der Waals surface area contributed by atoms with Crippen LogP contribution in [0.5, 0.6) is 0 Å². The fourth-order valence-electron chi connectivity index (χ4n) is 1.32. The van der Waals surface area contributed by atoms with Crippen molar-refractivity contribution in [2.45, 2.75) is 34.2 Å². The summed E-state index contributed by atoms with van der Waals surface area (Å²) in [6.45, 7) is 8.43. The maximum Gasteiger partial charge on any atom is 0.203 e. The van der Waals surface area contributed by atoms with Gasteiger partial charge in [-0.15, -0.1) is 0 Å². The van der Waals surface area contributed by atoms with Crippen molar-refractivity contribution in [3.05, 3.63) is 29.1 Å². The molecule has 0 saturated heterocycles. The highest BCUT2D eigenvalue weighted by atomic mass is 16.1. The second kappa shape index (κ2) is 4.22. The maximum atomic E-state index is 11.7. The minimum Gasteiger partial charge on any atom is -0.288 e. The van der Waals surface area contributed by atoms with E-state index in [1.807, 2.05) is 33.8 Å². The largest absolute Gasteiger partial charge is 0.288 e. The predicted octanol–water partition coefficient (Wildman–Crippen LogP) is 2.36. The highest BCUT2D eigenvalue weighted by molar-refractivity contribution is 6.03. The van der Waals surface area contributed by atoms with E-state index in [1.54, 1.807) is 10.8 Å². The van der Waals surface area contributed by atoms with Gasteiger partial charge in [-0.25, -0.2) is 0 Å². The number of aromatic nitrogens is 2. The predicted molar refractivity (Wildman–Crippen MR) is 56.4 cm³/mol. The molecule has 1 heterocycles. The number of nitrogens with zero attached hydrogens (tertiary/aromatic N) is 2. The Hall–Kier alpha value is -1.38. The molecule has 0 amide bonds. The van der Waals surface area contributed by atoms with Gasteiger partial charge >= 0.3 is 0 Å². The molecule has 0 N–H and O–H groups in total. The highest BCUT2D eigenvalue weighted by Gasteiger charge is 2.10. The number of rotatable bonds is 3. The lowest BCUT2D eigenvalue weighted by molar-refractivity contribution is 0.103. The molecule has 0 radical (unpaired) electrons. The first-order chi connectivity index (χ1) is 6.54. The summed E-state index contributed by atoms with van der Waals surface area (Å²) in [5, 5.41) is 4.22. The van der Waals surface area contributed by atoms with Gasteiger partial charge in [0.15, 0.2) is 0 Å². The SMILES string of the molecule is CCn1nc(C)cc1C(=O)C=C(C)C. The number of carbonyl (C=O) groups is 1. The van der Waals surface area contributed by atoms with Gasteiger partial charge in [0.2, 0.25) is 5.78 Å². The van der Waals surface area contributed by atoms with E-state index < -0.39 is 0 Å². The molecule has 3 heteroatoms. The van der Waals surface area contributed by atoms with Gasteiger partial charge in [0, 0.05) is 6.54 Å². The first-order valence-electron chi connectivity index (χ1n) is 4.78. The third kappa shape index (κ3) is 2.31. The fourth-order valence-corrected chi connectivity index (χ4v) is 1.32. The molecule has 76 valence electrons. The van der Waals surface area contributed by atoms with Crippen LogP contribution in [-0.2, 0) is 6.54 Å². The molecule has 0 aliphatic carbocycles. The van der Waals surface area contributed by atoms with Gasteiger partial charge in [-0.2, -0.15) is 5.10 Å². The van der Waals surface area contributed by atoms with Crippen LogP contribution >= 0.6 is 0 Å². The highest BCUT2D eigenvalue weighted by Crippen LogP contribution is 2.06. The zero-order chi connectivity index (χ0) is 10.7. The third-order valence-electron chi connectivity index (χ3n) is 1.87. The first kappa shape index (κ1) is 10.7.